The smallest absolute Gasteiger partial charge is 0.352 e. The molecule has 1 heterocycles. The van der Waals surface area contributed by atoms with Crippen molar-refractivity contribution in [2.75, 3.05) is 0 Å². The van der Waals surface area contributed by atoms with Gasteiger partial charge in [-0.3, -0.25) is 0 Å². The Balaban J connectivity index is 2.56. The molecule has 0 atom stereocenters. The van der Waals surface area contributed by atoms with E-state index < -0.39 is 5.97 Å². The molecule has 96 valence electrons. The highest BCUT2D eigenvalue weighted by atomic mass is 16.4. The van der Waals surface area contributed by atoms with Gasteiger partial charge in [0.2, 0.25) is 0 Å². The second-order valence-corrected chi connectivity index (χ2v) is 5.18. The van der Waals surface area contributed by atoms with Crippen molar-refractivity contribution in [2.24, 2.45) is 5.92 Å². The van der Waals surface area contributed by atoms with Gasteiger partial charge in [-0.05, 0) is 37.0 Å². The lowest BCUT2D eigenvalue weighted by molar-refractivity contribution is 0.0685. The van der Waals surface area contributed by atoms with Crippen molar-refractivity contribution in [1.82, 2.24) is 4.57 Å². The summed E-state index contributed by atoms with van der Waals surface area (Å²) < 4.78 is 1.92. The number of benzene rings is 1. The minimum Gasteiger partial charge on any atom is -0.477 e. The molecule has 1 aromatic heterocycles. The van der Waals surface area contributed by atoms with Crippen molar-refractivity contribution in [3.8, 4) is 0 Å². The molecule has 0 aliphatic carbocycles. The minimum absolute atomic E-state index is 0.389. The van der Waals surface area contributed by atoms with Gasteiger partial charge in [0.05, 0.1) is 0 Å². The molecule has 2 rings (SSSR count). The van der Waals surface area contributed by atoms with Crippen LogP contribution in [0.4, 0.5) is 0 Å². The monoisotopic (exact) mass is 245 g/mol. The zero-order valence-electron chi connectivity index (χ0n) is 11.1. The fourth-order valence-corrected chi connectivity index (χ4v) is 2.24. The highest BCUT2D eigenvalue weighted by Crippen LogP contribution is 2.24. The van der Waals surface area contributed by atoms with Gasteiger partial charge in [-0.25, -0.2) is 4.79 Å². The summed E-state index contributed by atoms with van der Waals surface area (Å²) in [6, 6.07) is 7.78. The van der Waals surface area contributed by atoms with Crippen molar-refractivity contribution < 1.29 is 9.90 Å². The van der Waals surface area contributed by atoms with Crippen LogP contribution >= 0.6 is 0 Å². The SMILES string of the molecule is Cc1cccc2c1cc(C(=O)O)n2CCC(C)C. The van der Waals surface area contributed by atoms with Crippen LogP contribution in [0.5, 0.6) is 0 Å². The van der Waals surface area contributed by atoms with Crippen LogP contribution in [0.15, 0.2) is 24.3 Å². The lowest BCUT2D eigenvalue weighted by atomic mass is 10.1. The van der Waals surface area contributed by atoms with E-state index in [0.29, 0.717) is 11.6 Å². The number of aryl methyl sites for hydroxylation is 2. The van der Waals surface area contributed by atoms with E-state index in [4.69, 9.17) is 0 Å². The van der Waals surface area contributed by atoms with Crippen LogP contribution < -0.4 is 0 Å². The quantitative estimate of drug-likeness (QED) is 0.892. The van der Waals surface area contributed by atoms with Crippen molar-refractivity contribution in [3.05, 3.63) is 35.5 Å². The Hall–Kier alpha value is -1.77. The molecule has 0 bridgehead atoms. The molecule has 18 heavy (non-hydrogen) atoms. The number of rotatable bonds is 4. The van der Waals surface area contributed by atoms with Crippen LogP contribution in [0.3, 0.4) is 0 Å². The summed E-state index contributed by atoms with van der Waals surface area (Å²) in [5, 5.41) is 10.3. The van der Waals surface area contributed by atoms with Crippen LogP contribution in [0, 0.1) is 12.8 Å². The molecule has 0 spiro atoms. The first-order valence-corrected chi connectivity index (χ1v) is 6.33. The number of carboxylic acids is 1. The average molecular weight is 245 g/mol. The van der Waals surface area contributed by atoms with Gasteiger partial charge in [-0.1, -0.05) is 26.0 Å². The Bertz CT molecular complexity index is 581. The zero-order chi connectivity index (χ0) is 13.3. The fourth-order valence-electron chi connectivity index (χ4n) is 2.24. The van der Waals surface area contributed by atoms with E-state index in [2.05, 4.69) is 13.8 Å². The number of carboxylic acid groups (broad SMARTS) is 1. The van der Waals surface area contributed by atoms with E-state index >= 15 is 0 Å². The van der Waals surface area contributed by atoms with Gasteiger partial charge in [0, 0.05) is 17.4 Å². The maximum Gasteiger partial charge on any atom is 0.352 e. The molecule has 0 aliphatic heterocycles. The molecule has 0 saturated heterocycles. The maximum absolute atomic E-state index is 11.3. The highest BCUT2D eigenvalue weighted by Gasteiger charge is 2.15. The lowest BCUT2D eigenvalue weighted by Crippen LogP contribution is -2.09. The van der Waals surface area contributed by atoms with Crippen LogP contribution in [-0.2, 0) is 6.54 Å². The molecule has 0 aliphatic rings. The molecular weight excluding hydrogens is 226 g/mol. The summed E-state index contributed by atoms with van der Waals surface area (Å²) in [6.07, 6.45) is 0.984. The highest BCUT2D eigenvalue weighted by molar-refractivity contribution is 5.95. The molecule has 0 unspecified atom stereocenters. The van der Waals surface area contributed by atoms with E-state index in [-0.39, 0.29) is 0 Å². The molecular formula is C15H19NO2. The van der Waals surface area contributed by atoms with Crippen LogP contribution in [-0.4, -0.2) is 15.6 Å². The molecule has 0 amide bonds. The molecule has 1 N–H and O–H groups in total. The number of aromatic carboxylic acids is 1. The Labute approximate surface area is 107 Å². The number of nitrogens with zero attached hydrogens (tertiary/aromatic N) is 1. The topological polar surface area (TPSA) is 42.2 Å². The first kappa shape index (κ1) is 12.7. The molecule has 0 fully saturated rings. The molecule has 0 saturated carbocycles. The van der Waals surface area contributed by atoms with Crippen molar-refractivity contribution >= 4 is 16.9 Å². The minimum atomic E-state index is -0.852. The van der Waals surface area contributed by atoms with Crippen molar-refractivity contribution in [2.45, 2.75) is 33.7 Å². The van der Waals surface area contributed by atoms with Gasteiger partial charge < -0.3 is 9.67 Å². The van der Waals surface area contributed by atoms with Gasteiger partial charge in [0.15, 0.2) is 0 Å². The molecule has 3 nitrogen and oxygen atoms in total. The Morgan fingerprint density at radius 1 is 1.39 bits per heavy atom. The van der Waals surface area contributed by atoms with E-state index in [9.17, 15) is 9.90 Å². The number of hydrogen-bond donors (Lipinski definition) is 1. The summed E-state index contributed by atoms with van der Waals surface area (Å²) in [5.74, 6) is -0.289. The van der Waals surface area contributed by atoms with Crippen molar-refractivity contribution in [3.63, 3.8) is 0 Å². The number of carbonyl (C=O) groups is 1. The first-order chi connectivity index (χ1) is 8.50. The van der Waals surface area contributed by atoms with Crippen LogP contribution in [0.1, 0.15) is 36.3 Å². The number of fused-ring (bicyclic) bond motifs is 1. The number of hydrogen-bond acceptors (Lipinski definition) is 1. The molecule has 2 aromatic rings. The summed E-state index contributed by atoms with van der Waals surface area (Å²) in [6.45, 7) is 7.07. The normalized spacial score (nSPS) is 11.3. The van der Waals surface area contributed by atoms with Gasteiger partial charge in [-0.2, -0.15) is 0 Å². The molecule has 3 heteroatoms. The Morgan fingerprint density at radius 3 is 2.72 bits per heavy atom. The van der Waals surface area contributed by atoms with Crippen molar-refractivity contribution in [1.29, 1.82) is 0 Å². The maximum atomic E-state index is 11.3. The Kier molecular flexibility index (Phi) is 3.41. The van der Waals surface area contributed by atoms with E-state index in [1.807, 2.05) is 29.7 Å². The second kappa shape index (κ2) is 4.84. The van der Waals surface area contributed by atoms with Crippen LogP contribution in [0.2, 0.25) is 0 Å². The van der Waals surface area contributed by atoms with Gasteiger partial charge in [0.1, 0.15) is 5.69 Å². The second-order valence-electron chi connectivity index (χ2n) is 5.18. The van der Waals surface area contributed by atoms with Crippen LogP contribution in [0.25, 0.3) is 10.9 Å². The third-order valence-electron chi connectivity index (χ3n) is 3.31. The molecule has 1 aromatic carbocycles. The summed E-state index contributed by atoms with van der Waals surface area (Å²) in [5.41, 5.74) is 2.53. The third kappa shape index (κ3) is 2.26. The largest absolute Gasteiger partial charge is 0.477 e. The van der Waals surface area contributed by atoms with E-state index in [0.717, 1.165) is 29.4 Å². The Morgan fingerprint density at radius 2 is 2.11 bits per heavy atom. The summed E-state index contributed by atoms with van der Waals surface area (Å²) in [4.78, 5) is 11.3. The van der Waals surface area contributed by atoms with E-state index in [1.54, 1.807) is 6.07 Å². The number of aromatic nitrogens is 1. The molecule has 0 radical (unpaired) electrons. The van der Waals surface area contributed by atoms with Gasteiger partial charge >= 0.3 is 5.97 Å². The van der Waals surface area contributed by atoms with E-state index in [1.165, 1.54) is 0 Å². The van der Waals surface area contributed by atoms with Gasteiger partial charge in [-0.15, -0.1) is 0 Å². The predicted octanol–water partition coefficient (Wildman–Crippen LogP) is 3.69. The standard InChI is InChI=1S/C15H19NO2/c1-10(2)7-8-16-13-6-4-5-11(3)12(13)9-14(16)15(17)18/h4-6,9-10H,7-8H2,1-3H3,(H,17,18). The third-order valence-corrected chi connectivity index (χ3v) is 3.31. The zero-order valence-corrected chi connectivity index (χ0v) is 11.1. The first-order valence-electron chi connectivity index (χ1n) is 6.33. The predicted molar refractivity (Wildman–Crippen MR) is 73.1 cm³/mol. The van der Waals surface area contributed by atoms with Gasteiger partial charge in [0.25, 0.3) is 0 Å². The lowest BCUT2D eigenvalue weighted by Gasteiger charge is -2.10. The fraction of sp³-hybridized carbons (Fsp3) is 0.400. The summed E-state index contributed by atoms with van der Waals surface area (Å²) >= 11 is 0. The summed E-state index contributed by atoms with van der Waals surface area (Å²) in [7, 11) is 0. The average Bonchev–Trinajstić information content (AvgIpc) is 2.66.